The molecule has 0 radical (unpaired) electrons. The number of thiocarbonyl (C=S) groups is 1. The van der Waals surface area contributed by atoms with Gasteiger partial charge in [-0.25, -0.2) is 4.79 Å². The average Bonchev–Trinajstić information content (AvgIpc) is 2.94. The Kier molecular flexibility index (Phi) is 7.50. The van der Waals surface area contributed by atoms with E-state index in [0.29, 0.717) is 26.2 Å². The molecule has 1 heterocycles. The molecule has 2 aromatic rings. The minimum atomic E-state index is -0.456. The van der Waals surface area contributed by atoms with Gasteiger partial charge >= 0.3 is 5.97 Å². The summed E-state index contributed by atoms with van der Waals surface area (Å²) in [7, 11) is 0. The predicted molar refractivity (Wildman–Crippen MR) is 126 cm³/mol. The number of ether oxygens (including phenoxy) is 2. The standard InChI is InChI=1S/C20H15Br2NO4S2/c1-2-26-18(24)11-27-16-7-6-14(22)8-12(16)9-17-19(25)23(20(28)29-17)15-5-3-4-13(21)10-15/h3-10H,2,11H2,1H3/b17-9+. The van der Waals surface area contributed by atoms with E-state index in [0.717, 1.165) is 8.95 Å². The molecule has 0 bridgehead atoms. The molecule has 0 aromatic heterocycles. The highest BCUT2D eigenvalue weighted by Gasteiger charge is 2.33. The van der Waals surface area contributed by atoms with Gasteiger partial charge in [-0.1, -0.05) is 61.9 Å². The molecule has 1 amide bonds. The Balaban J connectivity index is 1.88. The van der Waals surface area contributed by atoms with Gasteiger partial charge in [0.15, 0.2) is 10.9 Å². The first-order valence-corrected chi connectivity index (χ1v) is 11.3. The number of nitrogens with zero attached hydrogens (tertiary/aromatic N) is 1. The fraction of sp³-hybridized carbons (Fsp3) is 0.150. The minimum Gasteiger partial charge on any atom is -0.481 e. The van der Waals surface area contributed by atoms with Crippen molar-refractivity contribution in [1.82, 2.24) is 0 Å². The van der Waals surface area contributed by atoms with Crippen molar-refractivity contribution in [2.75, 3.05) is 18.1 Å². The molecule has 0 saturated carbocycles. The van der Waals surface area contributed by atoms with Gasteiger partial charge in [0.1, 0.15) is 5.75 Å². The lowest BCUT2D eigenvalue weighted by molar-refractivity contribution is -0.145. The van der Waals surface area contributed by atoms with Gasteiger partial charge in [0.2, 0.25) is 0 Å². The number of anilines is 1. The van der Waals surface area contributed by atoms with Crippen LogP contribution in [0.4, 0.5) is 5.69 Å². The number of hydrogen-bond donors (Lipinski definition) is 0. The summed E-state index contributed by atoms with van der Waals surface area (Å²) >= 11 is 13.5. The van der Waals surface area contributed by atoms with Crippen molar-refractivity contribution >= 4 is 83.8 Å². The average molecular weight is 557 g/mol. The summed E-state index contributed by atoms with van der Waals surface area (Å²) in [6.07, 6.45) is 1.71. The molecule has 9 heteroatoms. The molecule has 1 aliphatic rings. The van der Waals surface area contributed by atoms with Crippen LogP contribution in [0.1, 0.15) is 12.5 Å². The van der Waals surface area contributed by atoms with E-state index in [4.69, 9.17) is 21.7 Å². The van der Waals surface area contributed by atoms with Crippen LogP contribution in [0.15, 0.2) is 56.3 Å². The SMILES string of the molecule is CCOC(=O)COc1ccc(Br)cc1/C=C1/SC(=S)N(c2cccc(Br)c2)C1=O. The second-order valence-corrected chi connectivity index (χ2v) is 9.28. The van der Waals surface area contributed by atoms with E-state index < -0.39 is 5.97 Å². The normalized spacial score (nSPS) is 15.1. The molecule has 1 saturated heterocycles. The van der Waals surface area contributed by atoms with Crippen molar-refractivity contribution in [3.63, 3.8) is 0 Å². The smallest absolute Gasteiger partial charge is 0.344 e. The molecule has 0 atom stereocenters. The number of amides is 1. The zero-order chi connectivity index (χ0) is 21.0. The highest BCUT2D eigenvalue weighted by atomic mass is 79.9. The van der Waals surface area contributed by atoms with Crippen LogP contribution in [0.5, 0.6) is 5.75 Å². The van der Waals surface area contributed by atoms with E-state index in [1.165, 1.54) is 16.7 Å². The molecular formula is C20H15Br2NO4S2. The van der Waals surface area contributed by atoms with E-state index in [2.05, 4.69) is 31.9 Å². The third-order valence-electron chi connectivity index (χ3n) is 3.77. The summed E-state index contributed by atoms with van der Waals surface area (Å²) in [5.41, 5.74) is 1.34. The van der Waals surface area contributed by atoms with E-state index in [1.807, 2.05) is 30.3 Å². The van der Waals surface area contributed by atoms with Crippen molar-refractivity contribution in [3.8, 4) is 5.75 Å². The zero-order valence-corrected chi connectivity index (χ0v) is 20.0. The predicted octanol–water partition coefficient (Wildman–Crippen LogP) is 5.56. The summed E-state index contributed by atoms with van der Waals surface area (Å²) < 4.78 is 12.6. The van der Waals surface area contributed by atoms with E-state index in [9.17, 15) is 9.59 Å². The number of carbonyl (C=O) groups is 2. The van der Waals surface area contributed by atoms with Crippen molar-refractivity contribution < 1.29 is 19.1 Å². The maximum Gasteiger partial charge on any atom is 0.344 e. The molecule has 2 aromatic carbocycles. The van der Waals surface area contributed by atoms with Crippen LogP contribution < -0.4 is 9.64 Å². The maximum atomic E-state index is 13.0. The fourth-order valence-corrected chi connectivity index (χ4v) is 4.61. The highest BCUT2D eigenvalue weighted by Crippen LogP contribution is 2.38. The second-order valence-electron chi connectivity index (χ2n) is 5.77. The quantitative estimate of drug-likeness (QED) is 0.264. The van der Waals surface area contributed by atoms with Crippen LogP contribution in [0.2, 0.25) is 0 Å². The van der Waals surface area contributed by atoms with Crippen LogP contribution in [0, 0.1) is 0 Å². The van der Waals surface area contributed by atoms with Crippen LogP contribution in [-0.4, -0.2) is 29.4 Å². The Bertz CT molecular complexity index is 1010. The summed E-state index contributed by atoms with van der Waals surface area (Å²) in [6.45, 7) is 1.80. The first-order chi connectivity index (χ1) is 13.9. The van der Waals surface area contributed by atoms with Crippen molar-refractivity contribution in [2.45, 2.75) is 6.92 Å². The van der Waals surface area contributed by atoms with E-state index >= 15 is 0 Å². The van der Waals surface area contributed by atoms with Crippen molar-refractivity contribution in [1.29, 1.82) is 0 Å². The van der Waals surface area contributed by atoms with Crippen molar-refractivity contribution in [2.24, 2.45) is 0 Å². The molecule has 150 valence electrons. The van der Waals surface area contributed by atoms with Gasteiger partial charge in [-0.3, -0.25) is 9.69 Å². The lowest BCUT2D eigenvalue weighted by Gasteiger charge is -2.14. The molecule has 5 nitrogen and oxygen atoms in total. The molecule has 0 N–H and O–H groups in total. The molecule has 0 unspecified atom stereocenters. The van der Waals surface area contributed by atoms with E-state index in [-0.39, 0.29) is 19.1 Å². The second kappa shape index (κ2) is 9.88. The van der Waals surface area contributed by atoms with E-state index in [1.54, 1.807) is 25.1 Å². The number of thioether (sulfide) groups is 1. The van der Waals surface area contributed by atoms with Crippen LogP contribution in [0.25, 0.3) is 6.08 Å². The highest BCUT2D eigenvalue weighted by molar-refractivity contribution is 9.10. The van der Waals surface area contributed by atoms with Gasteiger partial charge in [0.25, 0.3) is 5.91 Å². The minimum absolute atomic E-state index is 0.213. The summed E-state index contributed by atoms with van der Waals surface area (Å²) in [5, 5.41) is 0. The Morgan fingerprint density at radius 3 is 2.69 bits per heavy atom. The molecule has 0 aliphatic carbocycles. The topological polar surface area (TPSA) is 55.8 Å². The van der Waals surface area contributed by atoms with Crippen LogP contribution in [0.3, 0.4) is 0 Å². The molecular weight excluding hydrogens is 542 g/mol. The number of halogens is 2. The summed E-state index contributed by atoms with van der Waals surface area (Å²) in [6, 6.07) is 12.7. The monoisotopic (exact) mass is 555 g/mol. The first kappa shape index (κ1) is 22.0. The third kappa shape index (κ3) is 5.48. The van der Waals surface area contributed by atoms with Gasteiger partial charge in [-0.05, 0) is 49.4 Å². The van der Waals surface area contributed by atoms with Gasteiger partial charge < -0.3 is 9.47 Å². The molecule has 29 heavy (non-hydrogen) atoms. The zero-order valence-electron chi connectivity index (χ0n) is 15.2. The van der Waals surface area contributed by atoms with Crippen LogP contribution in [-0.2, 0) is 14.3 Å². The van der Waals surface area contributed by atoms with Gasteiger partial charge in [0.05, 0.1) is 17.2 Å². The summed E-state index contributed by atoms with van der Waals surface area (Å²) in [5.74, 6) is -0.203. The van der Waals surface area contributed by atoms with Crippen molar-refractivity contribution in [3.05, 3.63) is 61.9 Å². The lowest BCUT2D eigenvalue weighted by Crippen LogP contribution is -2.27. The van der Waals surface area contributed by atoms with Gasteiger partial charge in [-0.2, -0.15) is 0 Å². The van der Waals surface area contributed by atoms with Crippen LogP contribution >= 0.6 is 55.8 Å². The number of benzene rings is 2. The molecule has 3 rings (SSSR count). The molecule has 0 spiro atoms. The third-order valence-corrected chi connectivity index (χ3v) is 6.06. The van der Waals surface area contributed by atoms with Gasteiger partial charge in [0, 0.05) is 14.5 Å². The lowest BCUT2D eigenvalue weighted by atomic mass is 10.2. The first-order valence-electron chi connectivity index (χ1n) is 8.50. The Hall–Kier alpha value is -1.68. The Morgan fingerprint density at radius 2 is 1.97 bits per heavy atom. The number of hydrogen-bond acceptors (Lipinski definition) is 6. The fourth-order valence-electron chi connectivity index (χ4n) is 2.55. The number of esters is 1. The molecule has 1 fully saturated rings. The molecule has 1 aliphatic heterocycles. The maximum absolute atomic E-state index is 13.0. The van der Waals surface area contributed by atoms with Gasteiger partial charge in [-0.15, -0.1) is 0 Å². The Morgan fingerprint density at radius 1 is 1.21 bits per heavy atom. The largest absolute Gasteiger partial charge is 0.481 e. The Labute approximate surface area is 194 Å². The number of rotatable bonds is 6. The number of carbonyl (C=O) groups excluding carboxylic acids is 2. The summed E-state index contributed by atoms with van der Waals surface area (Å²) in [4.78, 5) is 26.6.